The van der Waals surface area contributed by atoms with Crippen LogP contribution in [-0.2, 0) is 5.41 Å². The molecule has 0 spiro atoms. The topological polar surface area (TPSA) is 9.23 Å². The summed E-state index contributed by atoms with van der Waals surface area (Å²) in [5, 5.41) is 0. The summed E-state index contributed by atoms with van der Waals surface area (Å²) in [6.07, 6.45) is 8.53. The highest BCUT2D eigenvalue weighted by molar-refractivity contribution is 9.10. The highest BCUT2D eigenvalue weighted by Crippen LogP contribution is 2.62. The summed E-state index contributed by atoms with van der Waals surface area (Å²) in [5.41, 5.74) is 3.08. The largest absolute Gasteiger partial charge is 0.457 e. The van der Waals surface area contributed by atoms with E-state index in [1.165, 1.54) is 49.7 Å². The molecule has 2 aromatic rings. The van der Waals surface area contributed by atoms with Gasteiger partial charge < -0.3 is 4.74 Å². The van der Waals surface area contributed by atoms with Crippen molar-refractivity contribution in [2.45, 2.75) is 50.9 Å². The SMILES string of the molecule is Cc1ccc(Oc2cc(Br)ccc2C23CC4CC(CC(C4)C2)C3)cc1. The van der Waals surface area contributed by atoms with Crippen LogP contribution in [0.4, 0.5) is 0 Å². The van der Waals surface area contributed by atoms with Gasteiger partial charge in [0.2, 0.25) is 0 Å². The van der Waals surface area contributed by atoms with Crippen LogP contribution in [-0.4, -0.2) is 0 Å². The Bertz CT molecular complexity index is 757. The molecule has 25 heavy (non-hydrogen) atoms. The van der Waals surface area contributed by atoms with Crippen molar-refractivity contribution in [3.05, 3.63) is 58.1 Å². The van der Waals surface area contributed by atoms with Crippen LogP contribution in [0.5, 0.6) is 11.5 Å². The van der Waals surface area contributed by atoms with E-state index in [-0.39, 0.29) is 0 Å². The third-order valence-corrected chi connectivity index (χ3v) is 7.30. The normalized spacial score (nSPS) is 32.8. The van der Waals surface area contributed by atoms with E-state index in [4.69, 9.17) is 4.74 Å². The first-order valence-electron chi connectivity index (χ1n) is 9.64. The maximum absolute atomic E-state index is 6.40. The number of benzene rings is 2. The van der Waals surface area contributed by atoms with Crippen LogP contribution in [0.1, 0.15) is 49.7 Å². The molecule has 2 aromatic carbocycles. The Balaban J connectivity index is 1.54. The van der Waals surface area contributed by atoms with E-state index >= 15 is 0 Å². The summed E-state index contributed by atoms with van der Waals surface area (Å²) in [5.74, 6) is 4.83. The first-order valence-corrected chi connectivity index (χ1v) is 10.4. The standard InChI is InChI=1S/C23H25BrO/c1-15-2-5-20(6-3-15)25-22-11-19(24)4-7-21(22)23-12-16-8-17(13-23)10-18(9-16)14-23/h2-7,11,16-18H,8-10,12-14H2,1H3. The Hall–Kier alpha value is -1.28. The summed E-state index contributed by atoms with van der Waals surface area (Å²) in [6.45, 7) is 2.11. The van der Waals surface area contributed by atoms with Gasteiger partial charge in [-0.25, -0.2) is 0 Å². The molecular weight excluding hydrogens is 372 g/mol. The van der Waals surface area contributed by atoms with Crippen molar-refractivity contribution in [1.29, 1.82) is 0 Å². The molecule has 0 saturated heterocycles. The Labute approximate surface area is 158 Å². The van der Waals surface area contributed by atoms with Gasteiger partial charge in [0.15, 0.2) is 0 Å². The maximum atomic E-state index is 6.40. The lowest BCUT2D eigenvalue weighted by Gasteiger charge is -2.57. The molecule has 1 nitrogen and oxygen atoms in total. The Morgan fingerprint density at radius 1 is 0.880 bits per heavy atom. The van der Waals surface area contributed by atoms with Crippen molar-refractivity contribution in [2.24, 2.45) is 17.8 Å². The molecule has 0 unspecified atom stereocenters. The predicted octanol–water partition coefficient (Wildman–Crippen LogP) is 7.02. The molecule has 0 aromatic heterocycles. The quantitative estimate of drug-likeness (QED) is 0.541. The van der Waals surface area contributed by atoms with Crippen molar-refractivity contribution in [1.82, 2.24) is 0 Å². The third-order valence-electron chi connectivity index (χ3n) is 6.80. The number of aryl methyl sites for hydroxylation is 1. The van der Waals surface area contributed by atoms with E-state index in [1.807, 2.05) is 0 Å². The molecule has 0 atom stereocenters. The molecule has 0 amide bonds. The van der Waals surface area contributed by atoms with Gasteiger partial charge in [-0.2, -0.15) is 0 Å². The number of hydrogen-bond acceptors (Lipinski definition) is 1. The summed E-state index contributed by atoms with van der Waals surface area (Å²) >= 11 is 3.65. The van der Waals surface area contributed by atoms with Crippen LogP contribution in [0.2, 0.25) is 0 Å². The molecule has 4 bridgehead atoms. The highest BCUT2D eigenvalue weighted by Gasteiger charge is 2.52. The second-order valence-corrected chi connectivity index (χ2v) is 9.67. The molecule has 6 rings (SSSR count). The fourth-order valence-electron chi connectivity index (χ4n) is 6.19. The highest BCUT2D eigenvalue weighted by atomic mass is 79.9. The first kappa shape index (κ1) is 15.9. The summed E-state index contributed by atoms with van der Waals surface area (Å²) < 4.78 is 7.50. The maximum Gasteiger partial charge on any atom is 0.132 e. The molecule has 2 heteroatoms. The Morgan fingerprint density at radius 3 is 2.08 bits per heavy atom. The van der Waals surface area contributed by atoms with E-state index in [9.17, 15) is 0 Å². The van der Waals surface area contributed by atoms with Crippen LogP contribution < -0.4 is 4.74 Å². The van der Waals surface area contributed by atoms with Crippen LogP contribution in [0.3, 0.4) is 0 Å². The molecular formula is C23H25BrO. The van der Waals surface area contributed by atoms with Crippen molar-refractivity contribution in [2.75, 3.05) is 0 Å². The average Bonchev–Trinajstić information content (AvgIpc) is 2.55. The molecule has 4 aliphatic carbocycles. The van der Waals surface area contributed by atoms with E-state index in [0.29, 0.717) is 5.41 Å². The molecule has 0 heterocycles. The molecule has 4 fully saturated rings. The minimum atomic E-state index is 0.357. The van der Waals surface area contributed by atoms with Crippen molar-refractivity contribution >= 4 is 15.9 Å². The first-order chi connectivity index (χ1) is 12.1. The molecule has 4 saturated carbocycles. The van der Waals surface area contributed by atoms with Crippen LogP contribution in [0.15, 0.2) is 46.9 Å². The van der Waals surface area contributed by atoms with Crippen molar-refractivity contribution < 1.29 is 4.74 Å². The fraction of sp³-hybridized carbons (Fsp3) is 0.478. The number of ether oxygens (including phenoxy) is 1. The van der Waals surface area contributed by atoms with Crippen LogP contribution in [0, 0.1) is 24.7 Å². The van der Waals surface area contributed by atoms with Gasteiger partial charge in [0.25, 0.3) is 0 Å². The number of halogens is 1. The number of rotatable bonds is 3. The molecule has 0 radical (unpaired) electrons. The van der Waals surface area contributed by atoms with Gasteiger partial charge in [-0.05, 0) is 92.9 Å². The predicted molar refractivity (Wildman–Crippen MR) is 105 cm³/mol. The second-order valence-electron chi connectivity index (χ2n) is 8.75. The van der Waals surface area contributed by atoms with Gasteiger partial charge in [-0.15, -0.1) is 0 Å². The summed E-state index contributed by atoms with van der Waals surface area (Å²) in [4.78, 5) is 0. The molecule has 4 aliphatic rings. The Morgan fingerprint density at radius 2 is 1.48 bits per heavy atom. The van der Waals surface area contributed by atoms with Gasteiger partial charge in [0.05, 0.1) is 0 Å². The lowest BCUT2D eigenvalue weighted by Crippen LogP contribution is -2.48. The summed E-state index contributed by atoms with van der Waals surface area (Å²) in [6, 6.07) is 15.1. The van der Waals surface area contributed by atoms with Crippen molar-refractivity contribution in [3.63, 3.8) is 0 Å². The van der Waals surface area contributed by atoms with E-state index < -0.39 is 0 Å². The van der Waals surface area contributed by atoms with Crippen LogP contribution >= 0.6 is 15.9 Å². The van der Waals surface area contributed by atoms with Gasteiger partial charge in [0.1, 0.15) is 11.5 Å². The zero-order valence-electron chi connectivity index (χ0n) is 14.8. The monoisotopic (exact) mass is 396 g/mol. The molecule has 0 aliphatic heterocycles. The minimum Gasteiger partial charge on any atom is -0.457 e. The van der Waals surface area contributed by atoms with Gasteiger partial charge in [-0.3, -0.25) is 0 Å². The van der Waals surface area contributed by atoms with E-state index in [0.717, 1.165) is 33.7 Å². The minimum absolute atomic E-state index is 0.357. The molecule has 130 valence electrons. The van der Waals surface area contributed by atoms with Crippen LogP contribution in [0.25, 0.3) is 0 Å². The summed E-state index contributed by atoms with van der Waals surface area (Å²) in [7, 11) is 0. The van der Waals surface area contributed by atoms with Gasteiger partial charge in [-0.1, -0.05) is 39.7 Å². The van der Waals surface area contributed by atoms with Gasteiger partial charge >= 0.3 is 0 Å². The second kappa shape index (κ2) is 5.87. The third kappa shape index (κ3) is 2.83. The molecule has 0 N–H and O–H groups in total. The zero-order chi connectivity index (χ0) is 17.0. The van der Waals surface area contributed by atoms with E-state index in [2.05, 4.69) is 65.3 Å². The lowest BCUT2D eigenvalue weighted by molar-refractivity contribution is -0.00598. The Kier molecular flexibility index (Phi) is 3.74. The average molecular weight is 397 g/mol. The van der Waals surface area contributed by atoms with Gasteiger partial charge in [0, 0.05) is 10.0 Å². The fourth-order valence-corrected chi connectivity index (χ4v) is 6.53. The zero-order valence-corrected chi connectivity index (χ0v) is 16.4. The van der Waals surface area contributed by atoms with Crippen molar-refractivity contribution in [3.8, 4) is 11.5 Å². The smallest absolute Gasteiger partial charge is 0.132 e. The van der Waals surface area contributed by atoms with E-state index in [1.54, 1.807) is 0 Å². The number of hydrogen-bond donors (Lipinski definition) is 0. The lowest BCUT2D eigenvalue weighted by atomic mass is 9.48.